The minimum atomic E-state index is -0.160. The molecule has 0 aliphatic heterocycles. The van der Waals surface area contributed by atoms with E-state index in [9.17, 15) is 0 Å². The highest BCUT2D eigenvalue weighted by Gasteiger charge is 2.30. The number of rotatable bonds is 6. The molecule has 0 saturated heterocycles. The van der Waals surface area contributed by atoms with Gasteiger partial charge in [-0.2, -0.15) is 0 Å². The largest absolute Gasteiger partial charge is 0.456 e. The quantitative estimate of drug-likeness (QED) is 0.156. The topological polar surface area (TPSA) is 32.8 Å². The van der Waals surface area contributed by atoms with Crippen molar-refractivity contribution < 1.29 is 8.83 Å². The molecule has 0 N–H and O–H groups in total. The highest BCUT2D eigenvalue weighted by atomic mass is 16.3. The Labute approximate surface area is 372 Å². The van der Waals surface area contributed by atoms with Gasteiger partial charge in [-0.3, -0.25) is 0 Å². The molecule has 64 heavy (non-hydrogen) atoms. The van der Waals surface area contributed by atoms with Gasteiger partial charge in [-0.1, -0.05) is 126 Å². The number of para-hydroxylation sites is 4. The van der Waals surface area contributed by atoms with Crippen molar-refractivity contribution in [1.82, 2.24) is 0 Å². The molecule has 0 aliphatic carbocycles. The van der Waals surface area contributed by atoms with Gasteiger partial charge in [0.05, 0.1) is 11.4 Å². The minimum absolute atomic E-state index is 0.160. The zero-order chi connectivity index (χ0) is 43.5. The van der Waals surface area contributed by atoms with Crippen molar-refractivity contribution >= 4 is 110 Å². The summed E-state index contributed by atoms with van der Waals surface area (Å²) in [7, 11) is 0. The summed E-state index contributed by atoms with van der Waals surface area (Å²) >= 11 is 0. The van der Waals surface area contributed by atoms with Gasteiger partial charge < -0.3 is 18.6 Å². The number of anilines is 6. The smallest absolute Gasteiger partial charge is 0.135 e. The maximum absolute atomic E-state index is 6.35. The fourth-order valence-corrected chi connectivity index (χ4v) is 10.3. The zero-order valence-electron chi connectivity index (χ0n) is 37.0. The Balaban J connectivity index is 1.20. The number of hydrogen-bond acceptors (Lipinski definition) is 4. The van der Waals surface area contributed by atoms with Crippen LogP contribution >= 0.6 is 0 Å². The van der Waals surface area contributed by atoms with Crippen LogP contribution in [0.2, 0.25) is 0 Å². The van der Waals surface area contributed by atoms with Gasteiger partial charge in [-0.25, -0.2) is 0 Å². The summed E-state index contributed by atoms with van der Waals surface area (Å²) in [5.41, 5.74) is 12.5. The van der Waals surface area contributed by atoms with Crippen LogP contribution in [0.1, 0.15) is 52.7 Å². The maximum atomic E-state index is 6.35. The summed E-state index contributed by atoms with van der Waals surface area (Å²) in [6, 6.07) is 66.0. The SMILES string of the molecule is CC(C)(C)c1cc2c(N(c3ccccc3)c3ccc4oc5ccccc5c4c3)ccc3c(C(C)(C)C)cc4c(N(c5ccccc5)c5ccc6oc7ccccc7c6c5)ccc1c4c23. The first-order valence-corrected chi connectivity index (χ1v) is 22.3. The van der Waals surface area contributed by atoms with Gasteiger partial charge >= 0.3 is 0 Å². The average Bonchev–Trinajstić information content (AvgIpc) is 3.87. The molecule has 4 nitrogen and oxygen atoms in total. The standard InChI is InChI=1S/C60H48N2O2/c1-59(2,3)49-35-47-51(61(37-17-9-7-10-18-37)39-25-31-55-45(33-39)41-21-13-15-23-53(41)63-55)30-28-44-50(60(4,5)6)36-48-52(29-27-43(49)57(48)58(44)47)62(38-19-11-8-12-20-38)40-26-32-56-46(34-40)42-22-14-16-24-54(42)64-56/h7-36H,1-6H3. The highest BCUT2D eigenvalue weighted by Crippen LogP contribution is 2.52. The van der Waals surface area contributed by atoms with Crippen LogP contribution in [0, 0.1) is 0 Å². The number of nitrogens with zero attached hydrogens (tertiary/aromatic N) is 2. The number of hydrogen-bond donors (Lipinski definition) is 0. The van der Waals surface area contributed by atoms with E-state index in [1.165, 1.54) is 43.4 Å². The van der Waals surface area contributed by atoms with E-state index in [0.29, 0.717) is 0 Å². The van der Waals surface area contributed by atoms with Crippen molar-refractivity contribution in [3.63, 3.8) is 0 Å². The third kappa shape index (κ3) is 5.89. The molecule has 0 saturated carbocycles. The Morgan fingerprint density at radius 1 is 0.297 bits per heavy atom. The maximum Gasteiger partial charge on any atom is 0.135 e. The van der Waals surface area contributed by atoms with Crippen LogP contribution in [-0.4, -0.2) is 0 Å². The van der Waals surface area contributed by atoms with E-state index < -0.39 is 0 Å². The van der Waals surface area contributed by atoms with Gasteiger partial charge in [0.25, 0.3) is 0 Å². The summed E-state index contributed by atoms with van der Waals surface area (Å²) in [6.07, 6.45) is 0. The van der Waals surface area contributed by atoms with E-state index in [4.69, 9.17) is 8.83 Å². The second-order valence-corrected chi connectivity index (χ2v) is 19.4. The average molecular weight is 829 g/mol. The van der Waals surface area contributed by atoms with Gasteiger partial charge in [0.15, 0.2) is 0 Å². The molecule has 2 heterocycles. The lowest BCUT2D eigenvalue weighted by Crippen LogP contribution is -2.17. The van der Waals surface area contributed by atoms with Crippen LogP contribution in [0.5, 0.6) is 0 Å². The molecular formula is C60H48N2O2. The predicted octanol–water partition coefficient (Wildman–Crippen LogP) is 17.9. The van der Waals surface area contributed by atoms with Crippen molar-refractivity contribution in [3.8, 4) is 0 Å². The van der Waals surface area contributed by atoms with E-state index in [1.807, 2.05) is 12.1 Å². The Morgan fingerprint density at radius 3 is 1.08 bits per heavy atom. The molecule has 2 aromatic heterocycles. The molecule has 0 fully saturated rings. The molecule has 4 heteroatoms. The van der Waals surface area contributed by atoms with Crippen molar-refractivity contribution in [3.05, 3.63) is 193 Å². The summed E-state index contributed by atoms with van der Waals surface area (Å²) in [6.45, 7) is 14.1. The molecule has 310 valence electrons. The number of fused-ring (bicyclic) bond motifs is 6. The van der Waals surface area contributed by atoms with Crippen molar-refractivity contribution in [1.29, 1.82) is 0 Å². The Kier molecular flexibility index (Phi) is 8.33. The van der Waals surface area contributed by atoms with E-state index in [-0.39, 0.29) is 10.8 Å². The Hall–Kier alpha value is -7.56. The fraction of sp³-hybridized carbons (Fsp3) is 0.133. The molecule has 0 unspecified atom stereocenters. The lowest BCUT2D eigenvalue weighted by atomic mass is 9.76. The predicted molar refractivity (Wildman–Crippen MR) is 271 cm³/mol. The Morgan fingerprint density at radius 2 is 0.672 bits per heavy atom. The zero-order valence-corrected chi connectivity index (χ0v) is 37.0. The highest BCUT2D eigenvalue weighted by molar-refractivity contribution is 6.30. The van der Waals surface area contributed by atoms with Crippen molar-refractivity contribution in [2.24, 2.45) is 0 Å². The molecule has 12 rings (SSSR count). The molecule has 12 aromatic rings. The van der Waals surface area contributed by atoms with Crippen molar-refractivity contribution in [2.45, 2.75) is 52.4 Å². The second kappa shape index (κ2) is 14.0. The first-order chi connectivity index (χ1) is 31.0. The van der Waals surface area contributed by atoms with Crippen LogP contribution in [0.15, 0.2) is 191 Å². The monoisotopic (exact) mass is 828 g/mol. The van der Waals surface area contributed by atoms with Crippen LogP contribution < -0.4 is 9.80 Å². The van der Waals surface area contributed by atoms with Gasteiger partial charge in [0.2, 0.25) is 0 Å². The van der Waals surface area contributed by atoms with E-state index >= 15 is 0 Å². The van der Waals surface area contributed by atoms with E-state index in [2.05, 4.69) is 221 Å². The van der Waals surface area contributed by atoms with Crippen molar-refractivity contribution in [2.75, 3.05) is 9.80 Å². The molecule has 0 atom stereocenters. The Bertz CT molecular complexity index is 3500. The minimum Gasteiger partial charge on any atom is -0.456 e. The molecule has 0 bridgehead atoms. The third-order valence-corrected chi connectivity index (χ3v) is 13.2. The second-order valence-electron chi connectivity index (χ2n) is 19.4. The third-order valence-electron chi connectivity index (χ3n) is 13.2. The first kappa shape index (κ1) is 38.1. The summed E-state index contributed by atoms with van der Waals surface area (Å²) in [4.78, 5) is 4.88. The first-order valence-electron chi connectivity index (χ1n) is 22.3. The van der Waals surface area contributed by atoms with Gasteiger partial charge in [-0.15, -0.1) is 0 Å². The van der Waals surface area contributed by atoms with Crippen LogP contribution in [0.3, 0.4) is 0 Å². The number of furan rings is 2. The number of benzene rings is 10. The lowest BCUT2D eigenvalue weighted by molar-refractivity contribution is 0.595. The molecule has 0 radical (unpaired) electrons. The lowest BCUT2D eigenvalue weighted by Gasteiger charge is -2.33. The van der Waals surface area contributed by atoms with Crippen LogP contribution in [-0.2, 0) is 10.8 Å². The summed E-state index contributed by atoms with van der Waals surface area (Å²) in [5.74, 6) is 0. The fourth-order valence-electron chi connectivity index (χ4n) is 10.3. The molecule has 0 spiro atoms. The van der Waals surface area contributed by atoms with E-state index in [0.717, 1.165) is 78.0 Å². The van der Waals surface area contributed by atoms with Crippen LogP contribution in [0.4, 0.5) is 34.1 Å². The summed E-state index contributed by atoms with van der Waals surface area (Å²) in [5, 5.41) is 12.0. The molecule has 0 amide bonds. The van der Waals surface area contributed by atoms with Gasteiger partial charge in [-0.05, 0) is 141 Å². The molecule has 0 aliphatic rings. The molecule has 10 aromatic carbocycles. The van der Waals surface area contributed by atoms with Crippen LogP contribution in [0.25, 0.3) is 76.2 Å². The normalized spacial score (nSPS) is 12.5. The van der Waals surface area contributed by atoms with Gasteiger partial charge in [0.1, 0.15) is 22.3 Å². The molecular weight excluding hydrogens is 781 g/mol. The van der Waals surface area contributed by atoms with E-state index in [1.54, 1.807) is 0 Å². The van der Waals surface area contributed by atoms with Gasteiger partial charge in [0, 0.05) is 55.1 Å². The summed E-state index contributed by atoms with van der Waals surface area (Å²) < 4.78 is 12.7.